The number of carbonyl (C=O) groups excluding carboxylic acids is 1. The molecule has 4 heteroatoms. The summed E-state index contributed by atoms with van der Waals surface area (Å²) in [7, 11) is 0. The van der Waals surface area contributed by atoms with Crippen LogP contribution in [0.25, 0.3) is 0 Å². The minimum Gasteiger partial charge on any atom is -0.348 e. The number of amides is 1. The van der Waals surface area contributed by atoms with Crippen LogP contribution in [-0.2, 0) is 4.79 Å². The molecule has 17 heavy (non-hydrogen) atoms. The van der Waals surface area contributed by atoms with Gasteiger partial charge < -0.3 is 11.1 Å². The number of carbonyl (C=O) groups is 1. The van der Waals surface area contributed by atoms with Gasteiger partial charge in [-0.15, -0.1) is 12.4 Å². The molecule has 0 radical (unpaired) electrons. The lowest BCUT2D eigenvalue weighted by atomic mass is 10.0. The van der Waals surface area contributed by atoms with Crippen molar-refractivity contribution in [1.29, 1.82) is 0 Å². The van der Waals surface area contributed by atoms with Gasteiger partial charge in [-0.2, -0.15) is 0 Å². The highest BCUT2D eigenvalue weighted by Crippen LogP contribution is 2.11. The molecular formula is C13H21ClN2O. The topological polar surface area (TPSA) is 55.1 Å². The number of nitrogens with two attached hydrogens (primary N) is 1. The molecule has 0 heterocycles. The van der Waals surface area contributed by atoms with E-state index >= 15 is 0 Å². The standard InChI is InChI=1S/C13H20N2O.ClH/c1-9(2)12(14)13(16)15-10(3)11-7-5-4-6-8-11;/h4-10,12H,14H2,1-3H3,(H,15,16);1H/t10?,12-;/m1./s1. The van der Waals surface area contributed by atoms with Gasteiger partial charge in [-0.1, -0.05) is 44.2 Å². The van der Waals surface area contributed by atoms with Crippen LogP contribution in [-0.4, -0.2) is 11.9 Å². The largest absolute Gasteiger partial charge is 0.348 e. The van der Waals surface area contributed by atoms with E-state index in [0.29, 0.717) is 0 Å². The summed E-state index contributed by atoms with van der Waals surface area (Å²) < 4.78 is 0. The SMILES string of the molecule is CC(NC(=O)[C@H](N)C(C)C)c1ccccc1.Cl. The summed E-state index contributed by atoms with van der Waals surface area (Å²) >= 11 is 0. The Hall–Kier alpha value is -1.06. The van der Waals surface area contributed by atoms with Gasteiger partial charge in [0.2, 0.25) is 5.91 Å². The molecular weight excluding hydrogens is 236 g/mol. The summed E-state index contributed by atoms with van der Waals surface area (Å²) in [5, 5.41) is 2.91. The van der Waals surface area contributed by atoms with E-state index in [-0.39, 0.29) is 30.3 Å². The Morgan fingerprint density at radius 1 is 1.18 bits per heavy atom. The van der Waals surface area contributed by atoms with Crippen LogP contribution in [0.4, 0.5) is 0 Å². The Bertz CT molecular complexity index is 341. The summed E-state index contributed by atoms with van der Waals surface area (Å²) in [5.41, 5.74) is 6.86. The van der Waals surface area contributed by atoms with Crippen molar-refractivity contribution in [3.63, 3.8) is 0 Å². The number of nitrogens with one attached hydrogen (secondary N) is 1. The molecule has 3 nitrogen and oxygen atoms in total. The maximum atomic E-state index is 11.7. The zero-order valence-electron chi connectivity index (χ0n) is 10.5. The first-order chi connectivity index (χ1) is 7.52. The van der Waals surface area contributed by atoms with Gasteiger partial charge in [-0.25, -0.2) is 0 Å². The van der Waals surface area contributed by atoms with Crippen molar-refractivity contribution < 1.29 is 4.79 Å². The first kappa shape index (κ1) is 15.9. The molecule has 3 N–H and O–H groups in total. The molecule has 1 unspecified atom stereocenters. The number of rotatable bonds is 4. The van der Waals surface area contributed by atoms with Gasteiger partial charge in [-0.05, 0) is 18.4 Å². The third-order valence-corrected chi connectivity index (χ3v) is 2.68. The van der Waals surface area contributed by atoms with Crippen LogP contribution in [0.3, 0.4) is 0 Å². The van der Waals surface area contributed by atoms with Crippen molar-refractivity contribution in [3.8, 4) is 0 Å². The van der Waals surface area contributed by atoms with Crippen LogP contribution in [0, 0.1) is 5.92 Å². The number of benzene rings is 1. The average molecular weight is 257 g/mol. The van der Waals surface area contributed by atoms with Crippen LogP contribution in [0.2, 0.25) is 0 Å². The molecule has 0 fully saturated rings. The van der Waals surface area contributed by atoms with Crippen molar-refractivity contribution in [2.75, 3.05) is 0 Å². The maximum Gasteiger partial charge on any atom is 0.237 e. The molecule has 0 aliphatic heterocycles. The second-order valence-corrected chi connectivity index (χ2v) is 4.41. The van der Waals surface area contributed by atoms with E-state index in [1.165, 1.54) is 0 Å². The van der Waals surface area contributed by atoms with E-state index in [2.05, 4.69) is 5.32 Å². The van der Waals surface area contributed by atoms with Gasteiger partial charge in [0.05, 0.1) is 12.1 Å². The molecule has 1 aromatic carbocycles. The molecule has 0 bridgehead atoms. The Balaban J connectivity index is 0.00000256. The Morgan fingerprint density at radius 3 is 2.18 bits per heavy atom. The van der Waals surface area contributed by atoms with Gasteiger partial charge >= 0.3 is 0 Å². The lowest BCUT2D eigenvalue weighted by Crippen LogP contribution is -2.44. The van der Waals surface area contributed by atoms with E-state index in [1.807, 2.05) is 51.1 Å². The van der Waals surface area contributed by atoms with Crippen molar-refractivity contribution in [2.24, 2.45) is 11.7 Å². The Labute approximate surface area is 109 Å². The average Bonchev–Trinajstić information content (AvgIpc) is 2.28. The lowest BCUT2D eigenvalue weighted by Gasteiger charge is -2.19. The van der Waals surface area contributed by atoms with Crippen molar-refractivity contribution in [3.05, 3.63) is 35.9 Å². The van der Waals surface area contributed by atoms with Crippen molar-refractivity contribution in [2.45, 2.75) is 32.9 Å². The molecule has 0 spiro atoms. The minimum absolute atomic E-state index is 0. The maximum absolute atomic E-state index is 11.7. The summed E-state index contributed by atoms with van der Waals surface area (Å²) in [4.78, 5) is 11.7. The second-order valence-electron chi connectivity index (χ2n) is 4.41. The number of hydrogen-bond donors (Lipinski definition) is 2. The molecule has 1 aromatic rings. The molecule has 0 aromatic heterocycles. The second kappa shape index (κ2) is 7.30. The van der Waals surface area contributed by atoms with E-state index in [4.69, 9.17) is 5.73 Å². The van der Waals surface area contributed by atoms with Crippen molar-refractivity contribution in [1.82, 2.24) is 5.32 Å². The number of halogens is 1. The molecule has 0 aliphatic rings. The van der Waals surface area contributed by atoms with Crippen LogP contribution < -0.4 is 11.1 Å². The van der Waals surface area contributed by atoms with Crippen LogP contribution in [0.1, 0.15) is 32.4 Å². The highest BCUT2D eigenvalue weighted by atomic mass is 35.5. The summed E-state index contributed by atoms with van der Waals surface area (Å²) in [6.07, 6.45) is 0. The van der Waals surface area contributed by atoms with E-state index in [1.54, 1.807) is 0 Å². The highest BCUT2D eigenvalue weighted by Gasteiger charge is 2.19. The molecule has 0 aliphatic carbocycles. The molecule has 1 amide bonds. The molecule has 1 rings (SSSR count). The van der Waals surface area contributed by atoms with E-state index in [9.17, 15) is 4.79 Å². The molecule has 2 atom stereocenters. The van der Waals surface area contributed by atoms with Crippen LogP contribution in [0.5, 0.6) is 0 Å². The van der Waals surface area contributed by atoms with Gasteiger partial charge in [-0.3, -0.25) is 4.79 Å². The third kappa shape index (κ3) is 4.75. The quantitative estimate of drug-likeness (QED) is 0.868. The third-order valence-electron chi connectivity index (χ3n) is 2.68. The fourth-order valence-corrected chi connectivity index (χ4v) is 1.44. The first-order valence-corrected chi connectivity index (χ1v) is 5.63. The fraction of sp³-hybridized carbons (Fsp3) is 0.462. The predicted octanol–water partition coefficient (Wildman–Crippen LogP) is 2.27. The summed E-state index contributed by atoms with van der Waals surface area (Å²) in [5.74, 6) is 0.0642. The monoisotopic (exact) mass is 256 g/mol. The molecule has 0 saturated carbocycles. The summed E-state index contributed by atoms with van der Waals surface area (Å²) in [6.45, 7) is 5.84. The van der Waals surface area contributed by atoms with Crippen molar-refractivity contribution >= 4 is 18.3 Å². The predicted molar refractivity (Wildman–Crippen MR) is 73.1 cm³/mol. The number of hydrogen-bond acceptors (Lipinski definition) is 2. The minimum atomic E-state index is -0.439. The molecule has 96 valence electrons. The Kier molecular flexibility index (Phi) is 6.85. The van der Waals surface area contributed by atoms with Gasteiger partial charge in [0.1, 0.15) is 0 Å². The van der Waals surface area contributed by atoms with Gasteiger partial charge in [0.15, 0.2) is 0 Å². The van der Waals surface area contributed by atoms with Gasteiger partial charge in [0.25, 0.3) is 0 Å². The van der Waals surface area contributed by atoms with Crippen LogP contribution in [0.15, 0.2) is 30.3 Å². The molecule has 0 saturated heterocycles. The Morgan fingerprint density at radius 2 is 1.71 bits per heavy atom. The fourth-order valence-electron chi connectivity index (χ4n) is 1.44. The lowest BCUT2D eigenvalue weighted by molar-refractivity contribution is -0.123. The zero-order chi connectivity index (χ0) is 12.1. The first-order valence-electron chi connectivity index (χ1n) is 5.63. The highest BCUT2D eigenvalue weighted by molar-refractivity contribution is 5.85. The normalized spacial score (nSPS) is 13.7. The van der Waals surface area contributed by atoms with Crippen LogP contribution >= 0.6 is 12.4 Å². The summed E-state index contributed by atoms with van der Waals surface area (Å²) in [6, 6.07) is 9.42. The van der Waals surface area contributed by atoms with Gasteiger partial charge in [0, 0.05) is 0 Å². The van der Waals surface area contributed by atoms with E-state index in [0.717, 1.165) is 5.56 Å². The smallest absolute Gasteiger partial charge is 0.237 e. The zero-order valence-corrected chi connectivity index (χ0v) is 11.3. The van der Waals surface area contributed by atoms with E-state index < -0.39 is 6.04 Å².